The quantitative estimate of drug-likeness (QED) is 0.0161. The molecule has 0 heterocycles. The van der Waals surface area contributed by atoms with Crippen LogP contribution < -0.4 is 10.2 Å². The minimum atomic E-state index is -4.72. The first-order valence-corrected chi connectivity index (χ1v) is 31.7. The number of phosphoric ester groups is 1. The van der Waals surface area contributed by atoms with Gasteiger partial charge in [-0.3, -0.25) is 14.2 Å². The van der Waals surface area contributed by atoms with E-state index >= 15 is 0 Å². The Balaban J connectivity index is 5.42. The van der Waals surface area contributed by atoms with Crippen molar-refractivity contribution in [3.63, 3.8) is 0 Å². The molecule has 0 aliphatic carbocycles. The van der Waals surface area contributed by atoms with E-state index in [-0.39, 0.29) is 25.4 Å². The first-order chi connectivity index (χ1) is 36.4. The first kappa shape index (κ1) is 71.7. The number of ether oxygens (including phenoxy) is 1. The van der Waals surface area contributed by atoms with Crippen LogP contribution in [0, 0.1) is 0 Å². The molecular formula is C65H113N2O7P. The van der Waals surface area contributed by atoms with Crippen molar-refractivity contribution in [3.8, 4) is 0 Å². The number of nitrogens with one attached hydrogen (secondary N) is 1. The molecule has 0 radical (unpaired) electrons. The predicted octanol–water partition coefficient (Wildman–Crippen LogP) is 17.9. The summed E-state index contributed by atoms with van der Waals surface area (Å²) in [7, 11) is 1.13. The number of hydrogen-bond donors (Lipinski definition) is 1. The number of carbonyl (C=O) groups is 2. The third-order valence-corrected chi connectivity index (χ3v) is 13.7. The molecule has 1 amide bonds. The largest absolute Gasteiger partial charge is 0.756 e. The van der Waals surface area contributed by atoms with Crippen molar-refractivity contribution >= 4 is 19.7 Å². The molecule has 10 heteroatoms. The van der Waals surface area contributed by atoms with Gasteiger partial charge in [0.05, 0.1) is 33.8 Å². The number of carbonyl (C=O) groups excluding carboxylic acids is 2. The standard InChI is InChI=1S/C65H113N2O7P/c1-7-10-13-16-19-22-25-28-30-32-33-34-35-36-38-40-43-46-49-52-55-58-65(69)74-63(56-53-50-47-44-41-27-24-21-18-15-12-9-3)62(61-73-75(70,71)72-60-59-67(4,5)6)66-64(68)57-54-51-48-45-42-39-37-31-29-26-23-20-17-14-11-8-2/h10,13,19,22,28,30-31,33-34,36-39,42-43,46,53,56,62-63H,7-9,11-12,14-18,20-21,23-27,29,32,35,40-41,44-45,47-52,54-55,57-61H2,1-6H3,(H-,66,68,70,71)/b13-10-,22-19-,30-28-,34-33-,37-31+,38-36-,42-39+,46-43-,56-53+. The van der Waals surface area contributed by atoms with E-state index in [1.54, 1.807) is 6.08 Å². The molecule has 0 aromatic rings. The summed E-state index contributed by atoms with van der Waals surface area (Å²) >= 11 is 0. The maximum atomic E-state index is 13.5. The van der Waals surface area contributed by atoms with Crippen LogP contribution in [0.5, 0.6) is 0 Å². The molecule has 0 aromatic carbocycles. The van der Waals surface area contributed by atoms with Crippen LogP contribution in [0.3, 0.4) is 0 Å². The fourth-order valence-electron chi connectivity index (χ4n) is 8.04. The van der Waals surface area contributed by atoms with Crippen molar-refractivity contribution in [2.24, 2.45) is 0 Å². The zero-order valence-electron chi connectivity index (χ0n) is 49.0. The van der Waals surface area contributed by atoms with Crippen LogP contribution in [0.4, 0.5) is 0 Å². The van der Waals surface area contributed by atoms with Gasteiger partial charge in [-0.1, -0.05) is 227 Å². The minimum absolute atomic E-state index is 0.0399. The molecular weight excluding hydrogens is 952 g/mol. The number of rotatable bonds is 53. The Bertz CT molecular complexity index is 1650. The molecule has 0 saturated heterocycles. The average Bonchev–Trinajstić information content (AvgIpc) is 3.37. The number of unbranched alkanes of at least 4 members (excludes halogenated alkanes) is 22. The third-order valence-electron chi connectivity index (χ3n) is 12.7. The zero-order valence-corrected chi connectivity index (χ0v) is 49.9. The molecule has 3 atom stereocenters. The first-order valence-electron chi connectivity index (χ1n) is 30.2. The molecule has 0 rings (SSSR count). The SMILES string of the molecule is CC/C=C\C/C=C\C/C=C\C/C=C\C/C=C\C/C=C\CCCCC(=O)OC(/C=C/CCCCCCCCCCCC)C(COP(=O)([O-])OCC[N+](C)(C)C)NC(=O)CCCCC/C=C/C=C/CCCCCCCCC. The van der Waals surface area contributed by atoms with Crippen LogP contribution in [-0.2, 0) is 27.9 Å². The van der Waals surface area contributed by atoms with Gasteiger partial charge in [0, 0.05) is 12.8 Å². The Morgan fingerprint density at radius 3 is 1.37 bits per heavy atom. The molecule has 0 saturated carbocycles. The molecule has 0 aliphatic rings. The van der Waals surface area contributed by atoms with Crippen LogP contribution in [-0.4, -0.2) is 69.4 Å². The normalized spacial score (nSPS) is 14.5. The van der Waals surface area contributed by atoms with Crippen molar-refractivity contribution in [1.82, 2.24) is 5.32 Å². The van der Waals surface area contributed by atoms with Crippen molar-refractivity contribution in [1.29, 1.82) is 0 Å². The molecule has 430 valence electrons. The summed E-state index contributed by atoms with van der Waals surface area (Å²) < 4.78 is 30.2. The van der Waals surface area contributed by atoms with Gasteiger partial charge < -0.3 is 28.5 Å². The maximum absolute atomic E-state index is 13.5. The number of phosphoric acid groups is 1. The van der Waals surface area contributed by atoms with Crippen LogP contribution in [0.15, 0.2) is 109 Å². The second-order valence-corrected chi connectivity index (χ2v) is 22.6. The fraction of sp³-hybridized carbons (Fsp3) is 0.692. The molecule has 0 aliphatic heterocycles. The van der Waals surface area contributed by atoms with Gasteiger partial charge in [0.25, 0.3) is 7.82 Å². The molecule has 75 heavy (non-hydrogen) atoms. The topological polar surface area (TPSA) is 114 Å². The lowest BCUT2D eigenvalue weighted by molar-refractivity contribution is -0.870. The Labute approximate surface area is 461 Å². The minimum Gasteiger partial charge on any atom is -0.756 e. The fourth-order valence-corrected chi connectivity index (χ4v) is 8.77. The number of likely N-dealkylation sites (N-methyl/N-ethyl adjacent to an activating group) is 1. The van der Waals surface area contributed by atoms with Crippen LogP contribution in [0.25, 0.3) is 0 Å². The highest BCUT2D eigenvalue weighted by Gasteiger charge is 2.27. The highest BCUT2D eigenvalue weighted by Crippen LogP contribution is 2.38. The number of amides is 1. The Morgan fingerprint density at radius 2 is 0.893 bits per heavy atom. The van der Waals surface area contributed by atoms with Crippen molar-refractivity contribution in [2.45, 2.75) is 251 Å². The van der Waals surface area contributed by atoms with E-state index in [9.17, 15) is 19.0 Å². The van der Waals surface area contributed by atoms with Gasteiger partial charge >= 0.3 is 5.97 Å². The summed E-state index contributed by atoms with van der Waals surface area (Å²) in [6.45, 7) is 6.66. The van der Waals surface area contributed by atoms with E-state index in [2.05, 4.69) is 123 Å². The molecule has 1 N–H and O–H groups in total. The lowest BCUT2D eigenvalue weighted by atomic mass is 10.1. The third kappa shape index (κ3) is 55.2. The van der Waals surface area contributed by atoms with Gasteiger partial charge in [-0.05, 0) is 109 Å². The van der Waals surface area contributed by atoms with E-state index in [4.69, 9.17) is 13.8 Å². The molecule has 0 spiro atoms. The summed E-state index contributed by atoms with van der Waals surface area (Å²) in [5, 5.41) is 2.99. The summed E-state index contributed by atoms with van der Waals surface area (Å²) in [6, 6.07) is -0.927. The Hall–Kier alpha value is -3.33. The smallest absolute Gasteiger partial charge is 0.306 e. The maximum Gasteiger partial charge on any atom is 0.306 e. The van der Waals surface area contributed by atoms with Gasteiger partial charge in [-0.2, -0.15) is 0 Å². The molecule has 9 nitrogen and oxygen atoms in total. The van der Waals surface area contributed by atoms with Crippen molar-refractivity contribution < 1.29 is 37.3 Å². The highest BCUT2D eigenvalue weighted by atomic mass is 31.2. The predicted molar refractivity (Wildman–Crippen MR) is 320 cm³/mol. The van der Waals surface area contributed by atoms with E-state index < -0.39 is 32.5 Å². The molecule has 0 aromatic heterocycles. The van der Waals surface area contributed by atoms with E-state index in [0.29, 0.717) is 23.9 Å². The summed E-state index contributed by atoms with van der Waals surface area (Å²) in [4.78, 5) is 39.9. The van der Waals surface area contributed by atoms with Gasteiger partial charge in [0.15, 0.2) is 0 Å². The Morgan fingerprint density at radius 1 is 0.493 bits per heavy atom. The van der Waals surface area contributed by atoms with Crippen molar-refractivity contribution in [2.75, 3.05) is 40.9 Å². The number of esters is 1. The highest BCUT2D eigenvalue weighted by molar-refractivity contribution is 7.45. The lowest BCUT2D eigenvalue weighted by Gasteiger charge is -2.30. The second kappa shape index (κ2) is 54.0. The van der Waals surface area contributed by atoms with Gasteiger partial charge in [-0.15, -0.1) is 0 Å². The Kier molecular flexibility index (Phi) is 51.6. The van der Waals surface area contributed by atoms with Crippen LogP contribution in [0.1, 0.15) is 239 Å². The van der Waals surface area contributed by atoms with E-state index in [1.165, 1.54) is 96.3 Å². The van der Waals surface area contributed by atoms with Crippen molar-refractivity contribution in [3.05, 3.63) is 109 Å². The van der Waals surface area contributed by atoms with Crippen LogP contribution in [0.2, 0.25) is 0 Å². The van der Waals surface area contributed by atoms with Gasteiger partial charge in [0.2, 0.25) is 5.91 Å². The summed E-state index contributed by atoms with van der Waals surface area (Å²) in [5.74, 6) is -0.629. The monoisotopic (exact) mass is 1060 g/mol. The zero-order chi connectivity index (χ0) is 55.0. The van der Waals surface area contributed by atoms with E-state index in [1.807, 2.05) is 27.2 Å². The van der Waals surface area contributed by atoms with Gasteiger partial charge in [0.1, 0.15) is 19.3 Å². The average molecular weight is 1070 g/mol. The molecule has 3 unspecified atom stereocenters. The van der Waals surface area contributed by atoms with E-state index in [0.717, 1.165) is 96.3 Å². The number of allylic oxidation sites excluding steroid dienone is 17. The number of nitrogens with zero attached hydrogens (tertiary/aromatic N) is 1. The molecule has 0 fully saturated rings. The summed E-state index contributed by atoms with van der Waals surface area (Å²) in [6.07, 6.45) is 73.5. The van der Waals surface area contributed by atoms with Crippen LogP contribution >= 0.6 is 7.82 Å². The lowest BCUT2D eigenvalue weighted by Crippen LogP contribution is -2.47. The summed E-state index contributed by atoms with van der Waals surface area (Å²) in [5.41, 5.74) is 0. The van der Waals surface area contributed by atoms with Gasteiger partial charge in [-0.25, -0.2) is 0 Å². The number of quaternary nitrogens is 1. The molecule has 0 bridgehead atoms. The number of hydrogen-bond acceptors (Lipinski definition) is 7. The second-order valence-electron chi connectivity index (χ2n) is 21.1.